The molecule has 0 radical (unpaired) electrons. The van der Waals surface area contributed by atoms with Gasteiger partial charge in [0.2, 0.25) is 0 Å². The van der Waals surface area contributed by atoms with Gasteiger partial charge >= 0.3 is 6.08 Å². The summed E-state index contributed by atoms with van der Waals surface area (Å²) in [5, 5.41) is 3.40. The quantitative estimate of drug-likeness (QED) is 0.649. The molecule has 0 aromatic carbocycles. The van der Waals surface area contributed by atoms with Gasteiger partial charge in [-0.25, -0.2) is 0 Å². The number of rotatable bonds is 10. The van der Waals surface area contributed by atoms with E-state index in [4.69, 9.17) is 9.15 Å². The van der Waals surface area contributed by atoms with Crippen molar-refractivity contribution in [3.05, 3.63) is 12.0 Å². The fourth-order valence-electron chi connectivity index (χ4n) is 1.84. The Morgan fingerprint density at radius 1 is 1.33 bits per heavy atom. The number of unbranched alkanes of at least 4 members (excludes halogenated alkanes) is 4. The molecule has 18 heavy (non-hydrogen) atoms. The zero-order valence-electron chi connectivity index (χ0n) is 11.3. The Labute approximate surface area is 109 Å². The van der Waals surface area contributed by atoms with Crippen LogP contribution in [0.15, 0.2) is 10.7 Å². The largest absolute Gasteiger partial charge is 0.450 e. The molecule has 1 aliphatic rings. The maximum absolute atomic E-state index is 5.48. The van der Waals surface area contributed by atoms with Gasteiger partial charge in [-0.05, 0) is 19.3 Å². The van der Waals surface area contributed by atoms with Crippen molar-refractivity contribution < 1.29 is 9.15 Å². The highest BCUT2D eigenvalue weighted by atomic mass is 16.6. The van der Waals surface area contributed by atoms with Gasteiger partial charge in [0, 0.05) is 12.6 Å². The summed E-state index contributed by atoms with van der Waals surface area (Å²) in [6.07, 6.45) is 10.9. The molecule has 4 heteroatoms. The van der Waals surface area contributed by atoms with Gasteiger partial charge in [0.15, 0.2) is 0 Å². The standard InChI is InChI=1S/C14H24N2O2/c1-2-3-4-5-6-9-17-14-16-13(11-18-14)10-15-12-7-8-12/h11-12,15H,2-10H2,1H3. The van der Waals surface area contributed by atoms with Crippen LogP contribution in [-0.2, 0) is 6.54 Å². The van der Waals surface area contributed by atoms with E-state index >= 15 is 0 Å². The van der Waals surface area contributed by atoms with Crippen molar-refractivity contribution in [2.24, 2.45) is 0 Å². The molecule has 0 bridgehead atoms. The van der Waals surface area contributed by atoms with E-state index in [-0.39, 0.29) is 0 Å². The Kier molecular flexibility index (Phi) is 5.52. The van der Waals surface area contributed by atoms with Crippen LogP contribution in [0.3, 0.4) is 0 Å². The summed E-state index contributed by atoms with van der Waals surface area (Å²) >= 11 is 0. The molecule has 0 saturated heterocycles. The van der Waals surface area contributed by atoms with Gasteiger partial charge < -0.3 is 14.5 Å². The van der Waals surface area contributed by atoms with Crippen LogP contribution >= 0.6 is 0 Å². The van der Waals surface area contributed by atoms with Gasteiger partial charge in [-0.15, -0.1) is 0 Å². The Balaban J connectivity index is 1.54. The minimum absolute atomic E-state index is 0.415. The van der Waals surface area contributed by atoms with Gasteiger partial charge in [0.05, 0.1) is 12.3 Å². The third kappa shape index (κ3) is 5.08. The van der Waals surface area contributed by atoms with Crippen molar-refractivity contribution >= 4 is 0 Å². The molecule has 1 heterocycles. The van der Waals surface area contributed by atoms with E-state index in [1.165, 1.54) is 38.5 Å². The third-order valence-electron chi connectivity index (χ3n) is 3.15. The molecule has 1 N–H and O–H groups in total. The number of aromatic nitrogens is 1. The predicted molar refractivity (Wildman–Crippen MR) is 70.6 cm³/mol. The van der Waals surface area contributed by atoms with Crippen LogP contribution in [0.1, 0.15) is 57.6 Å². The number of hydrogen-bond donors (Lipinski definition) is 1. The maximum Gasteiger partial charge on any atom is 0.393 e. The minimum Gasteiger partial charge on any atom is -0.450 e. The van der Waals surface area contributed by atoms with Crippen LogP contribution in [0.5, 0.6) is 6.08 Å². The molecule has 0 atom stereocenters. The van der Waals surface area contributed by atoms with Crippen molar-refractivity contribution in [2.45, 2.75) is 64.5 Å². The fraction of sp³-hybridized carbons (Fsp3) is 0.786. The SMILES string of the molecule is CCCCCCCOc1nc(CNC2CC2)co1. The molecule has 1 saturated carbocycles. The normalized spacial score (nSPS) is 14.9. The summed E-state index contributed by atoms with van der Waals surface area (Å²) in [4.78, 5) is 4.29. The lowest BCUT2D eigenvalue weighted by atomic mass is 10.2. The summed E-state index contributed by atoms with van der Waals surface area (Å²) in [6.45, 7) is 3.72. The fourth-order valence-corrected chi connectivity index (χ4v) is 1.84. The first kappa shape index (κ1) is 13.4. The van der Waals surface area contributed by atoms with Crippen LogP contribution in [0.4, 0.5) is 0 Å². The van der Waals surface area contributed by atoms with Gasteiger partial charge in [0.25, 0.3) is 0 Å². The molecule has 102 valence electrons. The second-order valence-corrected chi connectivity index (χ2v) is 5.02. The van der Waals surface area contributed by atoms with Crippen LogP contribution < -0.4 is 10.1 Å². The molecular formula is C14H24N2O2. The van der Waals surface area contributed by atoms with Crippen LogP contribution in [0, 0.1) is 0 Å². The first-order valence-electron chi connectivity index (χ1n) is 7.19. The smallest absolute Gasteiger partial charge is 0.393 e. The highest BCUT2D eigenvalue weighted by Crippen LogP contribution is 2.19. The highest BCUT2D eigenvalue weighted by molar-refractivity contribution is 5.00. The van der Waals surface area contributed by atoms with E-state index in [1.807, 2.05) is 0 Å². The van der Waals surface area contributed by atoms with Crippen molar-refractivity contribution in [1.29, 1.82) is 0 Å². The van der Waals surface area contributed by atoms with Gasteiger partial charge in [0.1, 0.15) is 6.26 Å². The summed E-state index contributed by atoms with van der Waals surface area (Å²) in [7, 11) is 0. The Morgan fingerprint density at radius 2 is 2.17 bits per heavy atom. The Hall–Kier alpha value is -1.03. The predicted octanol–water partition coefficient (Wildman–Crippen LogP) is 3.28. The number of nitrogens with zero attached hydrogens (tertiary/aromatic N) is 1. The van der Waals surface area contributed by atoms with E-state index in [0.717, 1.165) is 18.7 Å². The van der Waals surface area contributed by atoms with E-state index in [1.54, 1.807) is 6.26 Å². The van der Waals surface area contributed by atoms with E-state index in [2.05, 4.69) is 17.2 Å². The molecule has 1 aliphatic carbocycles. The van der Waals surface area contributed by atoms with Crippen molar-refractivity contribution in [3.8, 4) is 6.08 Å². The zero-order chi connectivity index (χ0) is 12.6. The number of ether oxygens (including phenoxy) is 1. The molecule has 1 fully saturated rings. The van der Waals surface area contributed by atoms with Crippen molar-refractivity contribution in [3.63, 3.8) is 0 Å². The monoisotopic (exact) mass is 252 g/mol. The van der Waals surface area contributed by atoms with Crippen molar-refractivity contribution in [1.82, 2.24) is 10.3 Å². The second-order valence-electron chi connectivity index (χ2n) is 5.02. The number of hydrogen-bond acceptors (Lipinski definition) is 4. The molecular weight excluding hydrogens is 228 g/mol. The van der Waals surface area contributed by atoms with E-state index in [0.29, 0.717) is 18.7 Å². The van der Waals surface area contributed by atoms with Crippen molar-refractivity contribution in [2.75, 3.05) is 6.61 Å². The average molecular weight is 252 g/mol. The number of oxazole rings is 1. The summed E-state index contributed by atoms with van der Waals surface area (Å²) in [5.74, 6) is 0. The maximum atomic E-state index is 5.48. The molecule has 4 nitrogen and oxygen atoms in total. The van der Waals surface area contributed by atoms with Gasteiger partial charge in [-0.1, -0.05) is 32.6 Å². The third-order valence-corrected chi connectivity index (χ3v) is 3.15. The Bertz CT molecular complexity index is 334. The average Bonchev–Trinajstić information content (AvgIpc) is 3.11. The lowest BCUT2D eigenvalue weighted by Crippen LogP contribution is -2.15. The molecule has 1 aromatic rings. The lowest BCUT2D eigenvalue weighted by molar-refractivity contribution is 0.224. The first-order valence-corrected chi connectivity index (χ1v) is 7.19. The molecule has 0 unspecified atom stereocenters. The zero-order valence-corrected chi connectivity index (χ0v) is 11.3. The summed E-state index contributed by atoms with van der Waals surface area (Å²) in [5.41, 5.74) is 0.933. The Morgan fingerprint density at radius 3 is 2.94 bits per heavy atom. The molecule has 0 spiro atoms. The van der Waals surface area contributed by atoms with Crippen LogP contribution in [0.2, 0.25) is 0 Å². The molecule has 2 rings (SSSR count). The van der Waals surface area contributed by atoms with E-state index in [9.17, 15) is 0 Å². The minimum atomic E-state index is 0.415. The number of nitrogens with one attached hydrogen (secondary N) is 1. The highest BCUT2D eigenvalue weighted by Gasteiger charge is 2.20. The molecule has 0 aliphatic heterocycles. The second kappa shape index (κ2) is 7.41. The van der Waals surface area contributed by atoms with Crippen LogP contribution in [0.25, 0.3) is 0 Å². The summed E-state index contributed by atoms with van der Waals surface area (Å²) in [6, 6.07) is 0.699. The molecule has 1 aromatic heterocycles. The molecule has 0 amide bonds. The summed E-state index contributed by atoms with van der Waals surface area (Å²) < 4.78 is 10.8. The van der Waals surface area contributed by atoms with Crippen LogP contribution in [-0.4, -0.2) is 17.6 Å². The topological polar surface area (TPSA) is 47.3 Å². The van der Waals surface area contributed by atoms with E-state index < -0.39 is 0 Å². The lowest BCUT2D eigenvalue weighted by Gasteiger charge is -2.00. The first-order chi connectivity index (χ1) is 8.88. The van der Waals surface area contributed by atoms with Gasteiger partial charge in [-0.3, -0.25) is 0 Å². The van der Waals surface area contributed by atoms with Gasteiger partial charge in [-0.2, -0.15) is 4.98 Å².